The Morgan fingerprint density at radius 3 is 2.50 bits per heavy atom. The van der Waals surface area contributed by atoms with Gasteiger partial charge in [-0.1, -0.05) is 0 Å². The number of carboxylic acids is 1. The first-order valence-electron chi connectivity index (χ1n) is 3.35. The average molecular weight is 217 g/mol. The summed E-state index contributed by atoms with van der Waals surface area (Å²) in [5, 5.41) is 11.7. The molecule has 0 saturated carbocycles. The predicted octanol–water partition coefficient (Wildman–Crippen LogP) is -0.182. The number of likely N-dealkylation sites (N-methyl/N-ethyl adjacent to an activating group) is 1. The van der Waals surface area contributed by atoms with Gasteiger partial charge in [-0.25, -0.2) is 0 Å². The van der Waals surface area contributed by atoms with Crippen LogP contribution in [0, 0.1) is 0 Å². The summed E-state index contributed by atoms with van der Waals surface area (Å²) in [6.45, 7) is 2.27. The Bertz CT molecular complexity index is 146. The molecule has 0 aromatic rings. The molecule has 0 unspecified atom stereocenters. The van der Waals surface area contributed by atoms with Gasteiger partial charge in [0.2, 0.25) is 0 Å². The first-order valence-corrected chi connectivity index (χ1v) is 3.35. The minimum atomic E-state index is -0.741. The molecule has 0 radical (unpaired) electrons. The van der Waals surface area contributed by atoms with Crippen molar-refractivity contribution in [2.75, 3.05) is 26.7 Å². The van der Waals surface area contributed by atoms with Gasteiger partial charge < -0.3 is 10.4 Å². The van der Waals surface area contributed by atoms with Gasteiger partial charge in [0, 0.05) is 19.6 Å². The summed E-state index contributed by atoms with van der Waals surface area (Å²) in [4.78, 5) is 12.3. The molecular weight excluding hydrogens is 203 g/mol. The van der Waals surface area contributed by atoms with Gasteiger partial charge in [0.25, 0.3) is 0 Å². The molecule has 0 amide bonds. The van der Waals surface area contributed by atoms with E-state index in [1.165, 1.54) is 0 Å². The summed E-state index contributed by atoms with van der Waals surface area (Å²) in [6.07, 6.45) is 0. The van der Waals surface area contributed by atoms with Gasteiger partial charge in [0.15, 0.2) is 0 Å². The number of rotatable bonds is 1. The van der Waals surface area contributed by atoms with Crippen LogP contribution in [0.2, 0.25) is 0 Å². The number of carbonyl (C=O) groups is 1. The first-order chi connectivity index (χ1) is 4.72. The monoisotopic (exact) mass is 216 g/mol. The molecule has 0 aromatic carbocycles. The molecule has 1 atom stereocenters. The van der Waals surface area contributed by atoms with Crippen LogP contribution in [0.1, 0.15) is 0 Å². The summed E-state index contributed by atoms with van der Waals surface area (Å²) < 4.78 is 0. The van der Waals surface area contributed by atoms with Gasteiger partial charge in [0.05, 0.1) is 0 Å². The van der Waals surface area contributed by atoms with Gasteiger partial charge in [0.1, 0.15) is 6.04 Å². The van der Waals surface area contributed by atoms with E-state index in [2.05, 4.69) is 5.32 Å². The van der Waals surface area contributed by atoms with E-state index in [1.807, 2.05) is 11.9 Å². The van der Waals surface area contributed by atoms with E-state index in [0.29, 0.717) is 6.54 Å². The highest BCUT2D eigenvalue weighted by atomic mass is 35.5. The molecule has 1 aliphatic rings. The molecule has 1 rings (SSSR count). The topological polar surface area (TPSA) is 52.6 Å². The Morgan fingerprint density at radius 1 is 1.58 bits per heavy atom. The molecule has 0 bridgehead atoms. The van der Waals surface area contributed by atoms with E-state index >= 15 is 0 Å². The van der Waals surface area contributed by atoms with Crippen LogP contribution < -0.4 is 5.32 Å². The Morgan fingerprint density at radius 2 is 2.17 bits per heavy atom. The van der Waals surface area contributed by atoms with Crippen molar-refractivity contribution < 1.29 is 9.90 Å². The summed E-state index contributed by atoms with van der Waals surface area (Å²) in [5.74, 6) is -0.741. The van der Waals surface area contributed by atoms with Crippen LogP contribution in [-0.4, -0.2) is 48.7 Å². The molecule has 74 valence electrons. The van der Waals surface area contributed by atoms with Gasteiger partial charge in [-0.05, 0) is 7.05 Å². The lowest BCUT2D eigenvalue weighted by molar-refractivity contribution is -0.143. The maximum absolute atomic E-state index is 10.5. The second kappa shape index (κ2) is 6.48. The minimum absolute atomic E-state index is 0. The fourth-order valence-corrected chi connectivity index (χ4v) is 1.08. The van der Waals surface area contributed by atoms with Crippen LogP contribution in [0.3, 0.4) is 0 Å². The normalized spacial score (nSPS) is 23.6. The maximum atomic E-state index is 10.5. The van der Waals surface area contributed by atoms with Crippen LogP contribution in [0.15, 0.2) is 0 Å². The molecule has 1 aliphatic heterocycles. The second-order valence-electron chi connectivity index (χ2n) is 2.54. The zero-order chi connectivity index (χ0) is 7.56. The van der Waals surface area contributed by atoms with Crippen LogP contribution in [0.25, 0.3) is 0 Å². The van der Waals surface area contributed by atoms with Crippen molar-refractivity contribution >= 4 is 30.8 Å². The summed E-state index contributed by atoms with van der Waals surface area (Å²) in [6, 6.07) is -0.339. The van der Waals surface area contributed by atoms with Gasteiger partial charge in [-0.3, -0.25) is 9.69 Å². The number of hydrogen-bond acceptors (Lipinski definition) is 3. The fraction of sp³-hybridized carbons (Fsp3) is 0.833. The summed E-state index contributed by atoms with van der Waals surface area (Å²) >= 11 is 0. The molecule has 12 heavy (non-hydrogen) atoms. The van der Waals surface area contributed by atoms with Gasteiger partial charge in [-0.15, -0.1) is 24.8 Å². The van der Waals surface area contributed by atoms with E-state index in [0.717, 1.165) is 13.1 Å². The Balaban J connectivity index is 0. The van der Waals surface area contributed by atoms with Gasteiger partial charge in [-0.2, -0.15) is 0 Å². The quantitative estimate of drug-likeness (QED) is 0.639. The van der Waals surface area contributed by atoms with E-state index in [9.17, 15) is 4.79 Å². The number of carboxylic acid groups (broad SMARTS) is 1. The third-order valence-electron chi connectivity index (χ3n) is 1.80. The molecule has 1 fully saturated rings. The Hall–Kier alpha value is -0.0300. The largest absolute Gasteiger partial charge is 0.480 e. The predicted molar refractivity (Wildman–Crippen MR) is 51.4 cm³/mol. The third-order valence-corrected chi connectivity index (χ3v) is 1.80. The van der Waals surface area contributed by atoms with Crippen LogP contribution in [0.5, 0.6) is 0 Å². The number of nitrogens with one attached hydrogen (secondary N) is 1. The van der Waals surface area contributed by atoms with E-state index in [4.69, 9.17) is 5.11 Å². The molecule has 0 spiro atoms. The molecule has 0 aromatic heterocycles. The van der Waals surface area contributed by atoms with Crippen LogP contribution >= 0.6 is 24.8 Å². The lowest BCUT2D eigenvalue weighted by Gasteiger charge is -2.29. The molecule has 1 saturated heterocycles. The van der Waals surface area contributed by atoms with Crippen molar-refractivity contribution in [1.82, 2.24) is 10.2 Å². The van der Waals surface area contributed by atoms with Crippen LogP contribution in [0.4, 0.5) is 0 Å². The number of halogens is 2. The lowest BCUT2D eigenvalue weighted by atomic mass is 10.2. The lowest BCUT2D eigenvalue weighted by Crippen LogP contribution is -2.52. The van der Waals surface area contributed by atoms with E-state index < -0.39 is 5.97 Å². The number of aliphatic carboxylic acids is 1. The molecule has 2 N–H and O–H groups in total. The van der Waals surface area contributed by atoms with Crippen molar-refractivity contribution in [3.8, 4) is 0 Å². The Kier molecular flexibility index (Phi) is 7.83. The smallest absolute Gasteiger partial charge is 0.322 e. The van der Waals surface area contributed by atoms with Crippen molar-refractivity contribution in [1.29, 1.82) is 0 Å². The number of hydrogen-bond donors (Lipinski definition) is 2. The highest BCUT2D eigenvalue weighted by Crippen LogP contribution is 1.98. The standard InChI is InChI=1S/C6H12N2O2.2ClH/c1-8-3-2-7-4-5(8)6(9)10;;/h5,7H,2-4H2,1H3,(H,9,10);2*1H/t5-;;/m0../s1. The molecule has 1 heterocycles. The number of piperazine rings is 1. The zero-order valence-corrected chi connectivity index (χ0v) is 8.45. The fourth-order valence-electron chi connectivity index (χ4n) is 1.08. The molecule has 4 nitrogen and oxygen atoms in total. The third kappa shape index (κ3) is 3.58. The highest BCUT2D eigenvalue weighted by molar-refractivity contribution is 5.85. The van der Waals surface area contributed by atoms with E-state index in [1.54, 1.807) is 0 Å². The molecular formula is C6H14Cl2N2O2. The van der Waals surface area contributed by atoms with Crippen molar-refractivity contribution in [2.45, 2.75) is 6.04 Å². The van der Waals surface area contributed by atoms with Crippen molar-refractivity contribution in [3.05, 3.63) is 0 Å². The molecule has 6 heteroatoms. The van der Waals surface area contributed by atoms with Gasteiger partial charge >= 0.3 is 5.97 Å². The summed E-state index contributed by atoms with van der Waals surface area (Å²) in [5.41, 5.74) is 0. The minimum Gasteiger partial charge on any atom is -0.480 e. The SMILES string of the molecule is CN1CCNC[C@H]1C(=O)O.Cl.Cl. The Labute approximate surface area is 84.1 Å². The highest BCUT2D eigenvalue weighted by Gasteiger charge is 2.24. The molecule has 0 aliphatic carbocycles. The van der Waals surface area contributed by atoms with E-state index in [-0.39, 0.29) is 30.9 Å². The number of nitrogens with zero attached hydrogens (tertiary/aromatic N) is 1. The first kappa shape index (κ1) is 14.5. The van der Waals surface area contributed by atoms with Crippen molar-refractivity contribution in [2.24, 2.45) is 0 Å². The maximum Gasteiger partial charge on any atom is 0.322 e. The average Bonchev–Trinajstić information content (AvgIpc) is 1.88. The van der Waals surface area contributed by atoms with Crippen LogP contribution in [-0.2, 0) is 4.79 Å². The van der Waals surface area contributed by atoms with Crippen molar-refractivity contribution in [3.63, 3.8) is 0 Å². The second-order valence-corrected chi connectivity index (χ2v) is 2.54. The summed E-state index contributed by atoms with van der Waals surface area (Å²) in [7, 11) is 1.83. The zero-order valence-electron chi connectivity index (χ0n) is 6.82.